The molecule has 1 aromatic rings. The first kappa shape index (κ1) is 14.4. The van der Waals surface area contributed by atoms with Crippen LogP contribution in [0.2, 0.25) is 0 Å². The number of unbranched alkanes of at least 4 members (excludes halogenated alkanes) is 2. The quantitative estimate of drug-likeness (QED) is 0.741. The van der Waals surface area contributed by atoms with Gasteiger partial charge in [0.1, 0.15) is 11.8 Å². The second-order valence-electron chi connectivity index (χ2n) is 4.54. The highest BCUT2D eigenvalue weighted by Crippen LogP contribution is 2.28. The van der Waals surface area contributed by atoms with E-state index < -0.39 is 0 Å². The molecule has 18 heavy (non-hydrogen) atoms. The van der Waals surface area contributed by atoms with Crippen molar-refractivity contribution in [2.75, 3.05) is 12.4 Å². The number of benzene rings is 1. The molecule has 0 saturated heterocycles. The zero-order valence-corrected chi connectivity index (χ0v) is 11.5. The van der Waals surface area contributed by atoms with Gasteiger partial charge in [-0.1, -0.05) is 32.3 Å². The van der Waals surface area contributed by atoms with Crippen LogP contribution in [0.15, 0.2) is 18.2 Å². The fraction of sp³-hybridized carbons (Fsp3) is 0.533. The average molecular weight is 246 g/mol. The van der Waals surface area contributed by atoms with E-state index in [1.54, 1.807) is 7.11 Å². The monoisotopic (exact) mass is 246 g/mol. The summed E-state index contributed by atoms with van der Waals surface area (Å²) < 4.78 is 5.30. The lowest BCUT2D eigenvalue weighted by molar-refractivity contribution is 0.415. The number of rotatable bonds is 7. The summed E-state index contributed by atoms with van der Waals surface area (Å²) in [7, 11) is 1.63. The van der Waals surface area contributed by atoms with Gasteiger partial charge in [0.25, 0.3) is 0 Å². The first-order chi connectivity index (χ1) is 8.72. The summed E-state index contributed by atoms with van der Waals surface area (Å²) in [5.74, 6) is 0.733. The molecule has 0 saturated carbocycles. The maximum absolute atomic E-state index is 9.12. The lowest BCUT2D eigenvalue weighted by atomic mass is 10.1. The Labute approximate surface area is 110 Å². The average Bonchev–Trinajstić information content (AvgIpc) is 2.39. The zero-order chi connectivity index (χ0) is 13.4. The van der Waals surface area contributed by atoms with Gasteiger partial charge in [0.05, 0.1) is 18.4 Å². The topological polar surface area (TPSA) is 45.0 Å². The number of anilines is 1. The fourth-order valence-corrected chi connectivity index (χ4v) is 1.96. The van der Waals surface area contributed by atoms with Crippen LogP contribution in [-0.2, 0) is 0 Å². The van der Waals surface area contributed by atoms with Gasteiger partial charge >= 0.3 is 0 Å². The summed E-state index contributed by atoms with van der Waals surface area (Å²) in [6.07, 6.45) is 4.80. The molecule has 0 bridgehead atoms. The Bertz CT molecular complexity index is 409. The van der Waals surface area contributed by atoms with Gasteiger partial charge in [-0.15, -0.1) is 0 Å². The molecular formula is C15H22N2O. The number of nitriles is 1. The number of hydrogen-bond donors (Lipinski definition) is 1. The smallest absolute Gasteiger partial charge is 0.143 e. The number of nitrogens with one attached hydrogen (secondary N) is 1. The predicted octanol–water partition coefficient (Wildman–Crippen LogP) is 3.95. The van der Waals surface area contributed by atoms with Crippen LogP contribution in [0.5, 0.6) is 5.75 Å². The third-order valence-corrected chi connectivity index (χ3v) is 3.00. The molecule has 0 aliphatic rings. The van der Waals surface area contributed by atoms with Crippen molar-refractivity contribution >= 4 is 5.69 Å². The Morgan fingerprint density at radius 2 is 2.17 bits per heavy atom. The summed E-state index contributed by atoms with van der Waals surface area (Å²) in [6.45, 7) is 4.34. The molecule has 0 amide bonds. The van der Waals surface area contributed by atoms with Crippen molar-refractivity contribution in [3.63, 3.8) is 0 Å². The van der Waals surface area contributed by atoms with Crippen LogP contribution in [0.3, 0.4) is 0 Å². The molecule has 1 atom stereocenters. The maximum Gasteiger partial charge on any atom is 0.143 e. The van der Waals surface area contributed by atoms with Crippen LogP contribution in [0, 0.1) is 11.3 Å². The molecule has 3 nitrogen and oxygen atoms in total. The minimum atomic E-state index is 0.347. The van der Waals surface area contributed by atoms with E-state index in [0.29, 0.717) is 11.6 Å². The fourth-order valence-electron chi connectivity index (χ4n) is 1.96. The van der Waals surface area contributed by atoms with E-state index in [-0.39, 0.29) is 0 Å². The first-order valence-electron chi connectivity index (χ1n) is 6.56. The highest BCUT2D eigenvalue weighted by atomic mass is 16.5. The summed E-state index contributed by atoms with van der Waals surface area (Å²) in [5.41, 5.74) is 1.45. The van der Waals surface area contributed by atoms with Crippen molar-refractivity contribution < 1.29 is 4.74 Å². The van der Waals surface area contributed by atoms with Crippen LogP contribution in [0.1, 0.15) is 45.1 Å². The van der Waals surface area contributed by atoms with Crippen molar-refractivity contribution in [3.05, 3.63) is 23.8 Å². The Balaban J connectivity index is 2.73. The lowest BCUT2D eigenvalue weighted by Crippen LogP contribution is -2.16. The van der Waals surface area contributed by atoms with Gasteiger partial charge in [0, 0.05) is 6.04 Å². The Hall–Kier alpha value is -1.69. The number of nitrogens with zero attached hydrogens (tertiary/aromatic N) is 1. The number of hydrogen-bond acceptors (Lipinski definition) is 3. The number of para-hydroxylation sites is 1. The van der Waals surface area contributed by atoms with Crippen molar-refractivity contribution in [1.29, 1.82) is 5.26 Å². The van der Waals surface area contributed by atoms with Crippen LogP contribution in [-0.4, -0.2) is 13.2 Å². The van der Waals surface area contributed by atoms with E-state index in [2.05, 4.69) is 25.2 Å². The summed E-state index contributed by atoms with van der Waals surface area (Å²) in [5, 5.41) is 12.5. The largest absolute Gasteiger partial charge is 0.495 e. The molecular weight excluding hydrogens is 224 g/mol. The van der Waals surface area contributed by atoms with Crippen LogP contribution in [0.25, 0.3) is 0 Å². The summed E-state index contributed by atoms with van der Waals surface area (Å²) in [6, 6.07) is 8.07. The highest BCUT2D eigenvalue weighted by molar-refractivity contribution is 5.66. The molecule has 0 heterocycles. The lowest BCUT2D eigenvalue weighted by Gasteiger charge is -2.18. The number of ether oxygens (including phenoxy) is 1. The van der Waals surface area contributed by atoms with E-state index in [4.69, 9.17) is 10.00 Å². The maximum atomic E-state index is 9.12. The molecule has 3 heteroatoms. The second-order valence-corrected chi connectivity index (χ2v) is 4.54. The van der Waals surface area contributed by atoms with Crippen molar-refractivity contribution in [3.8, 4) is 11.8 Å². The van der Waals surface area contributed by atoms with Gasteiger partial charge in [-0.2, -0.15) is 5.26 Å². The Kier molecular flexibility index (Phi) is 6.07. The van der Waals surface area contributed by atoms with Crippen molar-refractivity contribution in [2.24, 2.45) is 0 Å². The Morgan fingerprint density at radius 3 is 2.78 bits per heavy atom. The molecule has 1 rings (SSSR count). The van der Waals surface area contributed by atoms with Gasteiger partial charge in [0.15, 0.2) is 0 Å². The SMILES string of the molecule is CCCCCC(C)Nc1c(C#N)cccc1OC. The van der Waals surface area contributed by atoms with E-state index in [0.717, 1.165) is 17.9 Å². The Morgan fingerprint density at radius 1 is 1.39 bits per heavy atom. The van der Waals surface area contributed by atoms with Crippen LogP contribution in [0.4, 0.5) is 5.69 Å². The molecule has 1 aromatic carbocycles. The van der Waals surface area contributed by atoms with Gasteiger partial charge in [-0.05, 0) is 25.5 Å². The van der Waals surface area contributed by atoms with E-state index in [9.17, 15) is 0 Å². The minimum absolute atomic E-state index is 0.347. The van der Waals surface area contributed by atoms with E-state index in [1.807, 2.05) is 18.2 Å². The van der Waals surface area contributed by atoms with Crippen molar-refractivity contribution in [1.82, 2.24) is 0 Å². The standard InChI is InChI=1S/C15H22N2O/c1-4-5-6-8-12(2)17-15-13(11-16)9-7-10-14(15)18-3/h7,9-10,12,17H,4-6,8H2,1-3H3. The van der Waals surface area contributed by atoms with Gasteiger partial charge < -0.3 is 10.1 Å². The molecule has 0 aliphatic carbocycles. The summed E-state index contributed by atoms with van der Waals surface area (Å²) >= 11 is 0. The van der Waals surface area contributed by atoms with Crippen molar-refractivity contribution in [2.45, 2.75) is 45.6 Å². The minimum Gasteiger partial charge on any atom is -0.495 e. The predicted molar refractivity (Wildman–Crippen MR) is 74.9 cm³/mol. The molecule has 0 fully saturated rings. The molecule has 0 aliphatic heterocycles. The third-order valence-electron chi connectivity index (χ3n) is 3.00. The first-order valence-corrected chi connectivity index (χ1v) is 6.56. The zero-order valence-electron chi connectivity index (χ0n) is 11.5. The van der Waals surface area contributed by atoms with Gasteiger partial charge in [-0.3, -0.25) is 0 Å². The molecule has 98 valence electrons. The van der Waals surface area contributed by atoms with E-state index >= 15 is 0 Å². The third kappa shape index (κ3) is 3.96. The van der Waals surface area contributed by atoms with Crippen LogP contribution < -0.4 is 10.1 Å². The van der Waals surface area contributed by atoms with Gasteiger partial charge in [0.2, 0.25) is 0 Å². The second kappa shape index (κ2) is 7.60. The normalized spacial score (nSPS) is 11.7. The summed E-state index contributed by atoms with van der Waals surface area (Å²) in [4.78, 5) is 0. The molecule has 0 radical (unpaired) electrons. The molecule has 1 unspecified atom stereocenters. The van der Waals surface area contributed by atoms with Crippen LogP contribution >= 0.6 is 0 Å². The molecule has 1 N–H and O–H groups in total. The molecule has 0 aromatic heterocycles. The number of methoxy groups -OCH3 is 1. The van der Waals surface area contributed by atoms with E-state index in [1.165, 1.54) is 19.3 Å². The van der Waals surface area contributed by atoms with Gasteiger partial charge in [-0.25, -0.2) is 0 Å². The highest BCUT2D eigenvalue weighted by Gasteiger charge is 2.11. The molecule has 0 spiro atoms.